The van der Waals surface area contributed by atoms with E-state index in [1.54, 1.807) is 6.07 Å². The number of aromatic carboxylic acids is 1. The number of benzene rings is 3. The number of aromatic hydroxyl groups is 1. The Morgan fingerprint density at radius 1 is 1.00 bits per heavy atom. The summed E-state index contributed by atoms with van der Waals surface area (Å²) in [6.45, 7) is 2.13. The molecule has 3 rings (SSSR count). The third-order valence-corrected chi connectivity index (χ3v) is 4.14. The Hall–Kier alpha value is -2.81. The molecule has 116 valence electrons. The van der Waals surface area contributed by atoms with Crippen LogP contribution in [-0.2, 0) is 12.8 Å². The van der Waals surface area contributed by atoms with Gasteiger partial charge in [0, 0.05) is 0 Å². The van der Waals surface area contributed by atoms with Crippen LogP contribution >= 0.6 is 0 Å². The fourth-order valence-corrected chi connectivity index (χ4v) is 2.82. The number of phenols is 1. The van der Waals surface area contributed by atoms with Gasteiger partial charge in [0.25, 0.3) is 0 Å². The zero-order valence-electron chi connectivity index (χ0n) is 12.9. The van der Waals surface area contributed by atoms with E-state index in [-0.39, 0.29) is 11.3 Å². The molecule has 3 heteroatoms. The molecule has 0 aliphatic rings. The molecular weight excluding hydrogens is 288 g/mol. The van der Waals surface area contributed by atoms with Gasteiger partial charge in [0.2, 0.25) is 0 Å². The normalized spacial score (nSPS) is 10.8. The largest absolute Gasteiger partial charge is 0.507 e. The van der Waals surface area contributed by atoms with Crippen molar-refractivity contribution in [2.24, 2.45) is 0 Å². The molecule has 0 aromatic heterocycles. The van der Waals surface area contributed by atoms with Crippen molar-refractivity contribution in [2.75, 3.05) is 0 Å². The van der Waals surface area contributed by atoms with Gasteiger partial charge in [0.05, 0.1) is 0 Å². The van der Waals surface area contributed by atoms with E-state index >= 15 is 0 Å². The number of rotatable bonds is 4. The highest BCUT2D eigenvalue weighted by Crippen LogP contribution is 2.29. The van der Waals surface area contributed by atoms with Crippen LogP contribution in [0.4, 0.5) is 0 Å². The summed E-state index contributed by atoms with van der Waals surface area (Å²) in [5, 5.41) is 20.8. The van der Waals surface area contributed by atoms with Crippen LogP contribution in [0.15, 0.2) is 54.6 Å². The minimum absolute atomic E-state index is 0.0676. The highest BCUT2D eigenvalue weighted by Gasteiger charge is 2.12. The first-order valence-corrected chi connectivity index (χ1v) is 7.64. The van der Waals surface area contributed by atoms with E-state index in [4.69, 9.17) is 5.11 Å². The van der Waals surface area contributed by atoms with Crippen LogP contribution in [0.2, 0.25) is 0 Å². The van der Waals surface area contributed by atoms with Gasteiger partial charge in [-0.1, -0.05) is 49.4 Å². The number of hydrogen-bond acceptors (Lipinski definition) is 2. The molecule has 0 heterocycles. The van der Waals surface area contributed by atoms with Gasteiger partial charge in [-0.3, -0.25) is 0 Å². The minimum Gasteiger partial charge on any atom is -0.507 e. The third-order valence-electron chi connectivity index (χ3n) is 4.14. The summed E-state index contributed by atoms with van der Waals surface area (Å²) in [4.78, 5) is 11.1. The number of hydrogen-bond donors (Lipinski definition) is 2. The van der Waals surface area contributed by atoms with Gasteiger partial charge in [-0.2, -0.15) is 0 Å². The predicted octanol–water partition coefficient (Wildman–Crippen LogP) is 4.40. The number of carbonyl (C=O) groups is 1. The molecule has 23 heavy (non-hydrogen) atoms. The molecule has 0 fully saturated rings. The van der Waals surface area contributed by atoms with Crippen LogP contribution in [0.25, 0.3) is 10.8 Å². The van der Waals surface area contributed by atoms with Gasteiger partial charge in [0.15, 0.2) is 0 Å². The lowest BCUT2D eigenvalue weighted by Crippen LogP contribution is -1.98. The molecule has 3 nitrogen and oxygen atoms in total. The van der Waals surface area contributed by atoms with Crippen molar-refractivity contribution < 1.29 is 15.0 Å². The molecule has 0 aliphatic heterocycles. The predicted molar refractivity (Wildman–Crippen MR) is 91.2 cm³/mol. The Morgan fingerprint density at radius 2 is 1.70 bits per heavy atom. The lowest BCUT2D eigenvalue weighted by atomic mass is 9.96. The Bertz CT molecular complexity index is 864. The maximum Gasteiger partial charge on any atom is 0.339 e. The molecule has 0 saturated carbocycles. The van der Waals surface area contributed by atoms with Gasteiger partial charge in [-0.15, -0.1) is 0 Å². The highest BCUT2D eigenvalue weighted by molar-refractivity contribution is 5.98. The van der Waals surface area contributed by atoms with E-state index in [9.17, 15) is 9.90 Å². The van der Waals surface area contributed by atoms with Crippen LogP contribution < -0.4 is 0 Å². The standard InChI is InChI=1S/C20H18O3/c1-2-13-6-8-14(9-7-13)10-15-4-3-5-16-11-18(20(22)23)19(21)12-17(15)16/h3-9,11-12,21H,2,10H2,1H3,(H,22,23). The van der Waals surface area contributed by atoms with Crippen molar-refractivity contribution in [3.63, 3.8) is 0 Å². The summed E-state index contributed by atoms with van der Waals surface area (Å²) >= 11 is 0. The zero-order valence-corrected chi connectivity index (χ0v) is 12.9. The Balaban J connectivity index is 2.03. The number of carboxylic acid groups (broad SMARTS) is 1. The van der Waals surface area contributed by atoms with Gasteiger partial charge >= 0.3 is 5.97 Å². The van der Waals surface area contributed by atoms with Gasteiger partial charge in [-0.05, 0) is 52.4 Å². The van der Waals surface area contributed by atoms with E-state index in [0.29, 0.717) is 0 Å². The van der Waals surface area contributed by atoms with Crippen LogP contribution in [0, 0.1) is 0 Å². The molecule has 3 aromatic rings. The molecular formula is C20H18O3. The second-order valence-electron chi connectivity index (χ2n) is 5.66. The topological polar surface area (TPSA) is 57.5 Å². The first kappa shape index (κ1) is 15.1. The first-order chi connectivity index (χ1) is 11.1. The fourth-order valence-electron chi connectivity index (χ4n) is 2.82. The van der Waals surface area contributed by atoms with Crippen molar-refractivity contribution >= 4 is 16.7 Å². The summed E-state index contributed by atoms with van der Waals surface area (Å²) in [6, 6.07) is 17.3. The monoisotopic (exact) mass is 306 g/mol. The summed E-state index contributed by atoms with van der Waals surface area (Å²) < 4.78 is 0. The van der Waals surface area contributed by atoms with E-state index in [1.165, 1.54) is 17.2 Å². The van der Waals surface area contributed by atoms with E-state index in [1.807, 2.05) is 18.2 Å². The summed E-state index contributed by atoms with van der Waals surface area (Å²) in [5.41, 5.74) is 3.49. The highest BCUT2D eigenvalue weighted by atomic mass is 16.4. The molecule has 2 N–H and O–H groups in total. The Kier molecular flexibility index (Phi) is 4.02. The van der Waals surface area contributed by atoms with E-state index < -0.39 is 5.97 Å². The lowest BCUT2D eigenvalue weighted by molar-refractivity contribution is 0.0694. The number of aryl methyl sites for hydroxylation is 1. The second-order valence-corrected chi connectivity index (χ2v) is 5.66. The molecule has 0 aliphatic carbocycles. The van der Waals surface area contributed by atoms with Gasteiger partial charge in [0.1, 0.15) is 11.3 Å². The second kappa shape index (κ2) is 6.13. The quantitative estimate of drug-likeness (QED) is 0.751. The van der Waals surface area contributed by atoms with Crippen molar-refractivity contribution in [1.29, 1.82) is 0 Å². The molecule has 0 unspecified atom stereocenters. The van der Waals surface area contributed by atoms with Gasteiger partial charge < -0.3 is 10.2 Å². The van der Waals surface area contributed by atoms with Crippen molar-refractivity contribution in [1.82, 2.24) is 0 Å². The van der Waals surface area contributed by atoms with Crippen LogP contribution in [0.3, 0.4) is 0 Å². The third kappa shape index (κ3) is 3.04. The average Bonchev–Trinajstić information content (AvgIpc) is 2.55. The summed E-state index contributed by atoms with van der Waals surface area (Å²) in [7, 11) is 0. The van der Waals surface area contributed by atoms with Crippen molar-refractivity contribution in [3.8, 4) is 5.75 Å². The zero-order chi connectivity index (χ0) is 16.4. The average molecular weight is 306 g/mol. The van der Waals surface area contributed by atoms with Crippen molar-refractivity contribution in [2.45, 2.75) is 19.8 Å². The Labute approximate surface area is 134 Å². The summed E-state index contributed by atoms with van der Waals surface area (Å²) in [6.07, 6.45) is 1.76. The van der Waals surface area contributed by atoms with E-state index in [0.717, 1.165) is 29.2 Å². The molecule has 0 saturated heterocycles. The molecule has 0 spiro atoms. The maximum absolute atomic E-state index is 11.1. The number of fused-ring (bicyclic) bond motifs is 1. The van der Waals surface area contributed by atoms with E-state index in [2.05, 4.69) is 31.2 Å². The number of carboxylic acids is 1. The summed E-state index contributed by atoms with van der Waals surface area (Å²) in [5.74, 6) is -1.32. The molecule has 0 radical (unpaired) electrons. The smallest absolute Gasteiger partial charge is 0.339 e. The molecule has 3 aromatic carbocycles. The first-order valence-electron chi connectivity index (χ1n) is 7.64. The van der Waals surface area contributed by atoms with Gasteiger partial charge in [-0.25, -0.2) is 4.79 Å². The lowest BCUT2D eigenvalue weighted by Gasteiger charge is -2.09. The van der Waals surface area contributed by atoms with Crippen molar-refractivity contribution in [3.05, 3.63) is 76.9 Å². The van der Waals surface area contributed by atoms with Crippen LogP contribution in [0.5, 0.6) is 5.75 Å². The SMILES string of the molecule is CCc1ccc(Cc2cccc3cc(C(=O)O)c(O)cc23)cc1. The molecule has 0 bridgehead atoms. The van der Waals surface area contributed by atoms with Crippen LogP contribution in [0.1, 0.15) is 34.0 Å². The molecule has 0 amide bonds. The Morgan fingerprint density at radius 3 is 2.35 bits per heavy atom. The minimum atomic E-state index is -1.12. The fraction of sp³-hybridized carbons (Fsp3) is 0.150. The maximum atomic E-state index is 11.1. The molecule has 0 atom stereocenters. The van der Waals surface area contributed by atoms with Crippen LogP contribution in [-0.4, -0.2) is 16.2 Å².